The number of thioether (sulfide) groups is 1. The van der Waals surface area contributed by atoms with Gasteiger partial charge in [0.05, 0.1) is 18.5 Å². The zero-order valence-electron chi connectivity index (χ0n) is 17.9. The Kier molecular flexibility index (Phi) is 7.38. The minimum atomic E-state index is -0.549. The number of imide groups is 1. The number of benzene rings is 1. The lowest BCUT2D eigenvalue weighted by molar-refractivity contribution is -0.119. The summed E-state index contributed by atoms with van der Waals surface area (Å²) in [5.41, 5.74) is 0.744. The highest BCUT2D eigenvalue weighted by atomic mass is 32.2. The highest BCUT2D eigenvalue weighted by molar-refractivity contribution is 8.00. The van der Waals surface area contributed by atoms with Gasteiger partial charge in [-0.05, 0) is 44.0 Å². The number of halogens is 1. The maximum atomic E-state index is 13.4. The van der Waals surface area contributed by atoms with E-state index in [1.54, 1.807) is 19.1 Å². The zero-order valence-corrected chi connectivity index (χ0v) is 18.7. The zero-order chi connectivity index (χ0) is 22.5. The van der Waals surface area contributed by atoms with Gasteiger partial charge in [0.15, 0.2) is 11.0 Å². The molecular weight excluding hydrogens is 435 g/mol. The van der Waals surface area contributed by atoms with Gasteiger partial charge < -0.3 is 14.6 Å². The molecule has 2 N–H and O–H groups in total. The van der Waals surface area contributed by atoms with Crippen molar-refractivity contribution in [2.45, 2.75) is 42.8 Å². The number of aromatic nitrogens is 3. The summed E-state index contributed by atoms with van der Waals surface area (Å²) in [5, 5.41) is 13.8. The normalized spacial score (nSPS) is 17.7. The number of urea groups is 1. The number of carbonyl (C=O) groups excluding carboxylic acids is 2. The van der Waals surface area contributed by atoms with Crippen LogP contribution in [0.3, 0.4) is 0 Å². The van der Waals surface area contributed by atoms with Gasteiger partial charge in [0.1, 0.15) is 5.82 Å². The third-order valence-corrected chi connectivity index (χ3v) is 6.44. The molecule has 2 aromatic rings. The van der Waals surface area contributed by atoms with Crippen LogP contribution in [0.15, 0.2) is 29.4 Å². The maximum absolute atomic E-state index is 13.4. The number of hydrogen-bond donors (Lipinski definition) is 2. The summed E-state index contributed by atoms with van der Waals surface area (Å²) in [6.45, 7) is 6.22. The summed E-state index contributed by atoms with van der Waals surface area (Å²) in [5.74, 6) is -0.100. The highest BCUT2D eigenvalue weighted by Gasteiger charge is 2.26. The van der Waals surface area contributed by atoms with Crippen molar-refractivity contribution in [2.24, 2.45) is 0 Å². The van der Waals surface area contributed by atoms with Gasteiger partial charge in [-0.15, -0.1) is 10.2 Å². The number of ether oxygens (including phenoxy) is 1. The first-order valence-electron chi connectivity index (χ1n) is 10.8. The van der Waals surface area contributed by atoms with Crippen LogP contribution in [0.4, 0.5) is 9.18 Å². The lowest BCUT2D eigenvalue weighted by Crippen LogP contribution is -2.43. The smallest absolute Gasteiger partial charge is 0.321 e. The van der Waals surface area contributed by atoms with Gasteiger partial charge in [-0.3, -0.25) is 15.0 Å². The van der Waals surface area contributed by atoms with E-state index in [2.05, 4.69) is 25.7 Å². The van der Waals surface area contributed by atoms with Crippen molar-refractivity contribution in [2.75, 3.05) is 32.8 Å². The molecule has 0 bridgehead atoms. The molecule has 3 amide bonds. The summed E-state index contributed by atoms with van der Waals surface area (Å²) >= 11 is 1.24. The number of morpholine rings is 1. The number of carbonyl (C=O) groups is 2. The molecule has 2 aliphatic rings. The number of rotatable bonds is 8. The third kappa shape index (κ3) is 6.05. The Balaban J connectivity index is 1.47. The molecule has 11 heteroatoms. The number of amides is 3. The van der Waals surface area contributed by atoms with Gasteiger partial charge in [-0.25, -0.2) is 9.18 Å². The monoisotopic (exact) mass is 462 g/mol. The molecule has 172 valence electrons. The van der Waals surface area contributed by atoms with Crippen LogP contribution in [0, 0.1) is 5.82 Å². The van der Waals surface area contributed by atoms with Gasteiger partial charge in [-0.1, -0.05) is 11.8 Å². The van der Waals surface area contributed by atoms with E-state index < -0.39 is 11.3 Å². The minimum Gasteiger partial charge on any atom is -0.379 e. The Hall–Kier alpha value is -2.50. The summed E-state index contributed by atoms with van der Waals surface area (Å²) in [6.07, 6.45) is 1.90. The molecule has 0 spiro atoms. The van der Waals surface area contributed by atoms with Crippen LogP contribution in [0.5, 0.6) is 0 Å². The molecule has 1 aliphatic heterocycles. The molecule has 0 radical (unpaired) electrons. The van der Waals surface area contributed by atoms with E-state index in [1.807, 2.05) is 4.57 Å². The Morgan fingerprint density at radius 3 is 2.59 bits per heavy atom. The average Bonchev–Trinajstić information content (AvgIpc) is 3.51. The fraction of sp³-hybridized carbons (Fsp3) is 0.524. The molecule has 1 atom stereocenters. The topological polar surface area (TPSA) is 101 Å². The van der Waals surface area contributed by atoms with Gasteiger partial charge in [0.25, 0.3) is 0 Å². The molecule has 1 saturated heterocycles. The molecule has 2 heterocycles. The Labute approximate surface area is 190 Å². The molecule has 9 nitrogen and oxygen atoms in total. The molecule has 1 aliphatic carbocycles. The van der Waals surface area contributed by atoms with Crippen molar-refractivity contribution in [3.05, 3.63) is 30.1 Å². The van der Waals surface area contributed by atoms with Crippen LogP contribution >= 0.6 is 11.8 Å². The fourth-order valence-electron chi connectivity index (χ4n) is 3.33. The van der Waals surface area contributed by atoms with E-state index in [1.165, 1.54) is 23.9 Å². The summed E-state index contributed by atoms with van der Waals surface area (Å²) < 4.78 is 20.8. The van der Waals surface area contributed by atoms with E-state index in [0.717, 1.165) is 38.0 Å². The first-order chi connectivity index (χ1) is 15.5. The number of nitrogens with zero attached hydrogens (tertiary/aromatic N) is 4. The molecule has 4 rings (SSSR count). The van der Waals surface area contributed by atoms with Crippen LogP contribution in [-0.4, -0.2) is 75.7 Å². The van der Waals surface area contributed by atoms with Crippen molar-refractivity contribution in [1.29, 1.82) is 0 Å². The van der Waals surface area contributed by atoms with E-state index in [0.29, 0.717) is 30.7 Å². The summed E-state index contributed by atoms with van der Waals surface area (Å²) in [7, 11) is 0. The summed E-state index contributed by atoms with van der Waals surface area (Å²) in [4.78, 5) is 26.7. The minimum absolute atomic E-state index is 0.173. The van der Waals surface area contributed by atoms with E-state index in [9.17, 15) is 14.0 Å². The van der Waals surface area contributed by atoms with Gasteiger partial charge in [0, 0.05) is 37.8 Å². The van der Waals surface area contributed by atoms with Gasteiger partial charge >= 0.3 is 6.03 Å². The molecule has 1 aromatic carbocycles. The molecular formula is C21H27FN6O3S. The van der Waals surface area contributed by atoms with Crippen LogP contribution in [0.2, 0.25) is 0 Å². The Bertz CT molecular complexity index is 944. The second-order valence-electron chi connectivity index (χ2n) is 7.92. The maximum Gasteiger partial charge on any atom is 0.321 e. The molecule has 2 fully saturated rings. The third-order valence-electron chi connectivity index (χ3n) is 5.36. The van der Waals surface area contributed by atoms with Gasteiger partial charge in [-0.2, -0.15) is 0 Å². The van der Waals surface area contributed by atoms with Crippen molar-refractivity contribution >= 4 is 23.7 Å². The number of hydrogen-bond acceptors (Lipinski definition) is 7. The lowest BCUT2D eigenvalue weighted by atomic mass is 10.2. The van der Waals surface area contributed by atoms with E-state index >= 15 is 0 Å². The average molecular weight is 463 g/mol. The second-order valence-corrected chi connectivity index (χ2v) is 9.22. The van der Waals surface area contributed by atoms with Crippen molar-refractivity contribution < 1.29 is 18.7 Å². The molecule has 1 saturated carbocycles. The Morgan fingerprint density at radius 2 is 1.91 bits per heavy atom. The van der Waals surface area contributed by atoms with Crippen LogP contribution in [-0.2, 0) is 16.1 Å². The molecule has 32 heavy (non-hydrogen) atoms. The van der Waals surface area contributed by atoms with E-state index in [4.69, 9.17) is 4.74 Å². The lowest BCUT2D eigenvalue weighted by Gasteiger charge is -2.27. The largest absolute Gasteiger partial charge is 0.379 e. The first kappa shape index (κ1) is 22.7. The molecule has 1 unspecified atom stereocenters. The van der Waals surface area contributed by atoms with E-state index in [-0.39, 0.29) is 17.8 Å². The number of nitrogens with one attached hydrogen (secondary N) is 2. The molecule has 1 aromatic heterocycles. The van der Waals surface area contributed by atoms with Crippen molar-refractivity contribution in [1.82, 2.24) is 30.3 Å². The first-order valence-corrected chi connectivity index (χ1v) is 11.6. The van der Waals surface area contributed by atoms with Gasteiger partial charge in [0.2, 0.25) is 5.91 Å². The van der Waals surface area contributed by atoms with Crippen LogP contribution in [0.25, 0.3) is 11.4 Å². The fourth-order valence-corrected chi connectivity index (χ4v) is 4.21. The van der Waals surface area contributed by atoms with Crippen LogP contribution < -0.4 is 10.6 Å². The second kappa shape index (κ2) is 10.4. The standard InChI is InChI=1S/C21H27FN6O3S/c1-14(19(29)24-20(30)23-17-6-7-17)32-21-26-25-18(15-2-4-16(22)5-3-15)28(21)9-8-27-10-12-31-13-11-27/h2-5,14,17H,6-13H2,1H3,(H2,23,24,29,30). The predicted molar refractivity (Wildman–Crippen MR) is 118 cm³/mol. The van der Waals surface area contributed by atoms with Crippen LogP contribution in [0.1, 0.15) is 19.8 Å². The summed E-state index contributed by atoms with van der Waals surface area (Å²) in [6, 6.07) is 5.81. The Morgan fingerprint density at radius 1 is 1.19 bits per heavy atom. The quantitative estimate of drug-likeness (QED) is 0.578. The SMILES string of the molecule is CC(Sc1nnc(-c2ccc(F)cc2)n1CCN1CCOCC1)C(=O)NC(=O)NC1CC1. The van der Waals surface area contributed by atoms with Crippen molar-refractivity contribution in [3.63, 3.8) is 0 Å². The predicted octanol–water partition coefficient (Wildman–Crippen LogP) is 1.89. The highest BCUT2D eigenvalue weighted by Crippen LogP contribution is 2.27. The van der Waals surface area contributed by atoms with Crippen molar-refractivity contribution in [3.8, 4) is 11.4 Å².